The molecule has 3 nitrogen and oxygen atoms in total. The van der Waals surface area contributed by atoms with Crippen LogP contribution >= 0.6 is 0 Å². The first-order chi connectivity index (χ1) is 6.03. The molecule has 0 aromatic heterocycles. The van der Waals surface area contributed by atoms with Gasteiger partial charge in [-0.3, -0.25) is 4.90 Å². The van der Waals surface area contributed by atoms with Gasteiger partial charge >= 0.3 is 0 Å². The minimum absolute atomic E-state index is 0.0110. The average Bonchev–Trinajstić information content (AvgIpc) is 2.03. The van der Waals surface area contributed by atoms with Gasteiger partial charge in [0, 0.05) is 31.7 Å². The summed E-state index contributed by atoms with van der Waals surface area (Å²) in [7, 11) is 0. The largest absolute Gasteiger partial charge is 0.396 e. The van der Waals surface area contributed by atoms with Gasteiger partial charge < -0.3 is 9.84 Å². The van der Waals surface area contributed by atoms with Crippen molar-refractivity contribution in [2.45, 2.75) is 26.9 Å². The SMILES string of the molecule is CC1CN(CC(C)(C)CO)CCO1. The van der Waals surface area contributed by atoms with Crippen LogP contribution in [-0.4, -0.2) is 49.0 Å². The van der Waals surface area contributed by atoms with Gasteiger partial charge in [0.2, 0.25) is 0 Å². The van der Waals surface area contributed by atoms with E-state index >= 15 is 0 Å². The Hall–Kier alpha value is -0.120. The molecule has 78 valence electrons. The lowest BCUT2D eigenvalue weighted by Crippen LogP contribution is -2.46. The number of rotatable bonds is 3. The molecule has 1 N–H and O–H groups in total. The molecule has 0 aliphatic carbocycles. The van der Waals surface area contributed by atoms with Gasteiger partial charge in [-0.05, 0) is 6.92 Å². The average molecular weight is 187 g/mol. The number of ether oxygens (including phenoxy) is 1. The number of aliphatic hydroxyl groups excluding tert-OH is 1. The fourth-order valence-electron chi connectivity index (χ4n) is 1.69. The molecule has 1 aliphatic rings. The van der Waals surface area contributed by atoms with Crippen molar-refractivity contribution in [3.63, 3.8) is 0 Å². The number of morpholine rings is 1. The summed E-state index contributed by atoms with van der Waals surface area (Å²) in [6, 6.07) is 0. The first-order valence-electron chi connectivity index (χ1n) is 4.98. The standard InChI is InChI=1S/C10H21NO2/c1-9-6-11(4-5-13-9)7-10(2,3)8-12/h9,12H,4-8H2,1-3H3. The van der Waals surface area contributed by atoms with Crippen LogP contribution in [0.1, 0.15) is 20.8 Å². The Bertz CT molecular complexity index is 159. The van der Waals surface area contributed by atoms with E-state index in [-0.39, 0.29) is 12.0 Å². The molecule has 1 heterocycles. The zero-order chi connectivity index (χ0) is 9.90. The van der Waals surface area contributed by atoms with Crippen molar-refractivity contribution >= 4 is 0 Å². The normalized spacial score (nSPS) is 26.3. The Morgan fingerprint density at radius 1 is 1.54 bits per heavy atom. The van der Waals surface area contributed by atoms with Gasteiger partial charge in [-0.1, -0.05) is 13.8 Å². The van der Waals surface area contributed by atoms with Gasteiger partial charge in [0.25, 0.3) is 0 Å². The topological polar surface area (TPSA) is 32.7 Å². The van der Waals surface area contributed by atoms with Gasteiger partial charge in [0.05, 0.1) is 12.7 Å². The van der Waals surface area contributed by atoms with Crippen LogP contribution in [0.4, 0.5) is 0 Å². The van der Waals surface area contributed by atoms with Gasteiger partial charge in [-0.2, -0.15) is 0 Å². The fraction of sp³-hybridized carbons (Fsp3) is 1.00. The molecule has 0 aromatic rings. The van der Waals surface area contributed by atoms with E-state index in [0.29, 0.717) is 6.10 Å². The number of hydrogen-bond donors (Lipinski definition) is 1. The maximum atomic E-state index is 9.13. The van der Waals surface area contributed by atoms with Crippen molar-refractivity contribution < 1.29 is 9.84 Å². The highest BCUT2D eigenvalue weighted by molar-refractivity contribution is 4.76. The summed E-state index contributed by atoms with van der Waals surface area (Å²) in [5, 5.41) is 9.13. The van der Waals surface area contributed by atoms with Gasteiger partial charge in [0.15, 0.2) is 0 Å². The van der Waals surface area contributed by atoms with E-state index < -0.39 is 0 Å². The molecule has 13 heavy (non-hydrogen) atoms. The van der Waals surface area contributed by atoms with Gasteiger partial charge in [-0.25, -0.2) is 0 Å². The lowest BCUT2D eigenvalue weighted by Gasteiger charge is -2.36. The lowest BCUT2D eigenvalue weighted by atomic mass is 9.94. The summed E-state index contributed by atoms with van der Waals surface area (Å²) in [5.74, 6) is 0. The Kier molecular flexibility index (Phi) is 3.71. The van der Waals surface area contributed by atoms with Crippen LogP contribution in [0.15, 0.2) is 0 Å². The molecule has 1 saturated heterocycles. The Morgan fingerprint density at radius 2 is 2.23 bits per heavy atom. The number of aliphatic hydroxyl groups is 1. The third-order valence-electron chi connectivity index (χ3n) is 2.40. The van der Waals surface area contributed by atoms with E-state index in [4.69, 9.17) is 9.84 Å². The maximum absolute atomic E-state index is 9.13. The molecular formula is C10H21NO2. The molecule has 1 rings (SSSR count). The Morgan fingerprint density at radius 3 is 2.77 bits per heavy atom. The van der Waals surface area contributed by atoms with Gasteiger partial charge in [-0.15, -0.1) is 0 Å². The molecule has 1 unspecified atom stereocenters. The summed E-state index contributed by atoms with van der Waals surface area (Å²) in [6.07, 6.45) is 0.336. The van der Waals surface area contributed by atoms with Crippen molar-refractivity contribution in [3.05, 3.63) is 0 Å². The smallest absolute Gasteiger partial charge is 0.0674 e. The summed E-state index contributed by atoms with van der Waals surface area (Å²) in [5.41, 5.74) is 0.0110. The van der Waals surface area contributed by atoms with E-state index in [9.17, 15) is 0 Å². The fourth-order valence-corrected chi connectivity index (χ4v) is 1.69. The summed E-state index contributed by atoms with van der Waals surface area (Å²) < 4.78 is 5.45. The van der Waals surface area contributed by atoms with Crippen LogP contribution in [0.3, 0.4) is 0 Å². The predicted molar refractivity (Wildman–Crippen MR) is 52.7 cm³/mol. The Labute approximate surface area is 80.7 Å². The summed E-state index contributed by atoms with van der Waals surface area (Å²) in [6.45, 7) is 10.3. The molecule has 0 bridgehead atoms. The third kappa shape index (κ3) is 3.63. The molecule has 0 amide bonds. The van der Waals surface area contributed by atoms with Crippen LogP contribution in [0, 0.1) is 5.41 Å². The van der Waals surface area contributed by atoms with Gasteiger partial charge in [0.1, 0.15) is 0 Å². The van der Waals surface area contributed by atoms with Crippen LogP contribution in [0.25, 0.3) is 0 Å². The van der Waals surface area contributed by atoms with Crippen molar-refractivity contribution in [1.29, 1.82) is 0 Å². The third-order valence-corrected chi connectivity index (χ3v) is 2.40. The van der Waals surface area contributed by atoms with E-state index in [1.807, 2.05) is 0 Å². The second-order valence-electron chi connectivity index (χ2n) is 4.74. The highest BCUT2D eigenvalue weighted by atomic mass is 16.5. The molecule has 1 aliphatic heterocycles. The quantitative estimate of drug-likeness (QED) is 0.707. The first kappa shape index (κ1) is 11.0. The van der Waals surface area contributed by atoms with Crippen LogP contribution in [0.2, 0.25) is 0 Å². The second kappa shape index (κ2) is 4.40. The zero-order valence-corrected chi connectivity index (χ0v) is 8.92. The van der Waals surface area contributed by atoms with E-state index in [0.717, 1.165) is 26.2 Å². The summed E-state index contributed by atoms with van der Waals surface area (Å²) >= 11 is 0. The van der Waals surface area contributed by atoms with E-state index in [1.54, 1.807) is 0 Å². The molecule has 0 saturated carbocycles. The van der Waals surface area contributed by atoms with Crippen LogP contribution in [0.5, 0.6) is 0 Å². The second-order valence-corrected chi connectivity index (χ2v) is 4.74. The molecule has 0 radical (unpaired) electrons. The first-order valence-corrected chi connectivity index (χ1v) is 4.98. The van der Waals surface area contributed by atoms with Crippen molar-refractivity contribution in [1.82, 2.24) is 4.90 Å². The predicted octanol–water partition coefficient (Wildman–Crippen LogP) is 0.726. The van der Waals surface area contributed by atoms with Crippen molar-refractivity contribution in [2.75, 3.05) is 32.8 Å². The molecule has 1 atom stereocenters. The van der Waals surface area contributed by atoms with Crippen molar-refractivity contribution in [3.8, 4) is 0 Å². The molecule has 0 spiro atoms. The highest BCUT2D eigenvalue weighted by Gasteiger charge is 2.24. The van der Waals surface area contributed by atoms with Crippen molar-refractivity contribution in [2.24, 2.45) is 5.41 Å². The molecule has 3 heteroatoms. The number of nitrogens with zero attached hydrogens (tertiary/aromatic N) is 1. The highest BCUT2D eigenvalue weighted by Crippen LogP contribution is 2.17. The van der Waals surface area contributed by atoms with E-state index in [2.05, 4.69) is 25.7 Å². The molecule has 1 fully saturated rings. The summed E-state index contributed by atoms with van der Waals surface area (Å²) in [4.78, 5) is 2.37. The minimum Gasteiger partial charge on any atom is -0.396 e. The lowest BCUT2D eigenvalue weighted by molar-refractivity contribution is -0.0343. The minimum atomic E-state index is 0.0110. The zero-order valence-electron chi connectivity index (χ0n) is 8.92. The van der Waals surface area contributed by atoms with Crippen LogP contribution in [-0.2, 0) is 4.74 Å². The molecular weight excluding hydrogens is 166 g/mol. The van der Waals surface area contributed by atoms with Crippen LogP contribution < -0.4 is 0 Å². The monoisotopic (exact) mass is 187 g/mol. The van der Waals surface area contributed by atoms with E-state index in [1.165, 1.54) is 0 Å². The molecule has 0 aromatic carbocycles. The maximum Gasteiger partial charge on any atom is 0.0674 e. The number of hydrogen-bond acceptors (Lipinski definition) is 3. The Balaban J connectivity index is 2.35.